The van der Waals surface area contributed by atoms with Gasteiger partial charge in [-0.15, -0.1) is 0 Å². The van der Waals surface area contributed by atoms with Gasteiger partial charge in [0.05, 0.1) is 32.9 Å². The fourth-order valence-electron chi connectivity index (χ4n) is 3.32. The van der Waals surface area contributed by atoms with E-state index in [4.69, 9.17) is 25.8 Å². The highest BCUT2D eigenvalue weighted by Gasteiger charge is 2.36. The van der Waals surface area contributed by atoms with Gasteiger partial charge in [0.15, 0.2) is 11.5 Å². The normalized spacial score (nSPS) is 16.0. The van der Waals surface area contributed by atoms with Crippen LogP contribution in [0.15, 0.2) is 30.3 Å². The molecular formula is C21H23ClN2O5. The Bertz CT molecular complexity index is 922. The molecule has 8 heteroatoms. The summed E-state index contributed by atoms with van der Waals surface area (Å²) in [5, 5.41) is 3.41. The molecule has 0 aromatic heterocycles. The Kier molecular flexibility index (Phi) is 6.17. The second-order valence-corrected chi connectivity index (χ2v) is 7.17. The number of rotatable bonds is 6. The molecule has 1 aliphatic rings. The smallest absolute Gasteiger partial charge is 0.229 e. The summed E-state index contributed by atoms with van der Waals surface area (Å²) in [6.07, 6.45) is 0.113. The number of carbonyl (C=O) groups excluding carboxylic acids is 2. The van der Waals surface area contributed by atoms with E-state index in [2.05, 4.69) is 5.32 Å². The molecule has 0 radical (unpaired) electrons. The van der Waals surface area contributed by atoms with Crippen LogP contribution in [0.5, 0.6) is 17.2 Å². The summed E-state index contributed by atoms with van der Waals surface area (Å²) >= 11 is 6.02. The molecule has 1 N–H and O–H groups in total. The maximum Gasteiger partial charge on any atom is 0.229 e. The molecule has 1 aliphatic heterocycles. The molecular weight excluding hydrogens is 396 g/mol. The molecule has 1 fully saturated rings. The van der Waals surface area contributed by atoms with Gasteiger partial charge in [0.25, 0.3) is 0 Å². The lowest BCUT2D eigenvalue weighted by Crippen LogP contribution is -2.28. The summed E-state index contributed by atoms with van der Waals surface area (Å²) in [7, 11) is 4.53. The lowest BCUT2D eigenvalue weighted by molar-refractivity contribution is -0.122. The van der Waals surface area contributed by atoms with Crippen LogP contribution in [0.3, 0.4) is 0 Å². The minimum absolute atomic E-state index is 0.113. The van der Waals surface area contributed by atoms with Crippen molar-refractivity contribution in [3.63, 3.8) is 0 Å². The monoisotopic (exact) mass is 418 g/mol. The number of aryl methyl sites for hydroxylation is 1. The molecule has 3 rings (SSSR count). The number of amides is 2. The highest BCUT2D eigenvalue weighted by Crippen LogP contribution is 2.42. The van der Waals surface area contributed by atoms with E-state index in [1.54, 1.807) is 29.2 Å². The standard InChI is InChI=1S/C21H23ClN2O5/c1-12-5-6-14(22)8-16(12)23-21(26)13-7-19(25)24(11-13)15-9-17(27-2)20(29-4)18(10-15)28-3/h5-6,8-10,13H,7,11H2,1-4H3,(H,23,26)/t13-/m1/s1. The van der Waals surface area contributed by atoms with Crippen molar-refractivity contribution in [1.82, 2.24) is 0 Å². The zero-order chi connectivity index (χ0) is 21.1. The van der Waals surface area contributed by atoms with Gasteiger partial charge in [-0.2, -0.15) is 0 Å². The van der Waals surface area contributed by atoms with E-state index in [1.165, 1.54) is 21.3 Å². The topological polar surface area (TPSA) is 77.1 Å². The third-order valence-electron chi connectivity index (χ3n) is 4.91. The summed E-state index contributed by atoms with van der Waals surface area (Å²) in [4.78, 5) is 26.9. The molecule has 1 saturated heterocycles. The van der Waals surface area contributed by atoms with Crippen molar-refractivity contribution in [3.05, 3.63) is 40.9 Å². The molecule has 154 valence electrons. The number of benzene rings is 2. The Hall–Kier alpha value is -2.93. The molecule has 1 heterocycles. The van der Waals surface area contributed by atoms with E-state index in [9.17, 15) is 9.59 Å². The van der Waals surface area contributed by atoms with E-state index >= 15 is 0 Å². The number of ether oxygens (including phenoxy) is 3. The quantitative estimate of drug-likeness (QED) is 0.774. The number of nitrogens with one attached hydrogen (secondary N) is 1. The van der Waals surface area contributed by atoms with Crippen LogP contribution in [0, 0.1) is 12.8 Å². The molecule has 7 nitrogen and oxygen atoms in total. The summed E-state index contributed by atoms with van der Waals surface area (Å²) in [6.45, 7) is 2.14. The highest BCUT2D eigenvalue weighted by molar-refractivity contribution is 6.31. The van der Waals surface area contributed by atoms with Crippen molar-refractivity contribution in [2.45, 2.75) is 13.3 Å². The number of methoxy groups -OCH3 is 3. The summed E-state index contributed by atoms with van der Waals surface area (Å²) in [5.41, 5.74) is 2.12. The van der Waals surface area contributed by atoms with Crippen LogP contribution in [0.4, 0.5) is 11.4 Å². The average Bonchev–Trinajstić information content (AvgIpc) is 3.11. The fraction of sp³-hybridized carbons (Fsp3) is 0.333. The van der Waals surface area contributed by atoms with Crippen LogP contribution in [0.2, 0.25) is 5.02 Å². The molecule has 2 aromatic carbocycles. The van der Waals surface area contributed by atoms with Gasteiger partial charge >= 0.3 is 0 Å². The van der Waals surface area contributed by atoms with Gasteiger partial charge < -0.3 is 24.4 Å². The predicted molar refractivity (Wildman–Crippen MR) is 111 cm³/mol. The van der Waals surface area contributed by atoms with Gasteiger partial charge in [-0.25, -0.2) is 0 Å². The maximum atomic E-state index is 12.7. The molecule has 2 amide bonds. The van der Waals surface area contributed by atoms with E-state index in [0.717, 1.165) is 5.56 Å². The Balaban J connectivity index is 1.81. The predicted octanol–water partition coefficient (Wildman–Crippen LogP) is 3.67. The second kappa shape index (κ2) is 8.61. The minimum Gasteiger partial charge on any atom is -0.493 e. The molecule has 0 saturated carbocycles. The third kappa shape index (κ3) is 4.24. The number of nitrogens with zero attached hydrogens (tertiary/aromatic N) is 1. The molecule has 0 bridgehead atoms. The van der Waals surface area contributed by atoms with Crippen molar-refractivity contribution in [1.29, 1.82) is 0 Å². The Morgan fingerprint density at radius 3 is 2.34 bits per heavy atom. The zero-order valence-corrected chi connectivity index (χ0v) is 17.5. The SMILES string of the molecule is COc1cc(N2C[C@H](C(=O)Nc3cc(Cl)ccc3C)CC2=O)cc(OC)c1OC. The summed E-state index contributed by atoms with van der Waals surface area (Å²) < 4.78 is 16.0. The number of anilines is 2. The van der Waals surface area contributed by atoms with E-state index in [0.29, 0.717) is 33.6 Å². The van der Waals surface area contributed by atoms with Crippen LogP contribution in [-0.2, 0) is 9.59 Å². The number of halogens is 1. The Morgan fingerprint density at radius 2 is 1.76 bits per heavy atom. The number of hydrogen-bond donors (Lipinski definition) is 1. The number of hydrogen-bond acceptors (Lipinski definition) is 5. The zero-order valence-electron chi connectivity index (χ0n) is 16.7. The Labute approximate surface area is 174 Å². The van der Waals surface area contributed by atoms with Gasteiger partial charge in [0.1, 0.15) is 0 Å². The first-order chi connectivity index (χ1) is 13.9. The molecule has 2 aromatic rings. The molecule has 0 spiro atoms. The van der Waals surface area contributed by atoms with Gasteiger partial charge in [0.2, 0.25) is 17.6 Å². The number of carbonyl (C=O) groups is 2. The maximum absolute atomic E-state index is 12.7. The largest absolute Gasteiger partial charge is 0.493 e. The second-order valence-electron chi connectivity index (χ2n) is 6.74. The molecule has 1 atom stereocenters. The lowest BCUT2D eigenvalue weighted by Gasteiger charge is -2.20. The summed E-state index contributed by atoms with van der Waals surface area (Å²) in [5.74, 6) is 0.464. The third-order valence-corrected chi connectivity index (χ3v) is 5.15. The first kappa shape index (κ1) is 20.8. The van der Waals surface area contributed by atoms with Gasteiger partial charge in [-0.3, -0.25) is 9.59 Å². The van der Waals surface area contributed by atoms with E-state index in [-0.39, 0.29) is 24.8 Å². The van der Waals surface area contributed by atoms with Gasteiger partial charge in [-0.1, -0.05) is 17.7 Å². The highest BCUT2D eigenvalue weighted by atomic mass is 35.5. The molecule has 0 unspecified atom stereocenters. The molecule has 29 heavy (non-hydrogen) atoms. The van der Waals surface area contributed by atoms with Crippen molar-refractivity contribution in [3.8, 4) is 17.2 Å². The first-order valence-corrected chi connectivity index (χ1v) is 9.43. The van der Waals surface area contributed by atoms with Crippen molar-refractivity contribution < 1.29 is 23.8 Å². The average molecular weight is 419 g/mol. The van der Waals surface area contributed by atoms with Gasteiger partial charge in [0, 0.05) is 35.8 Å². The van der Waals surface area contributed by atoms with Crippen molar-refractivity contribution in [2.24, 2.45) is 5.92 Å². The summed E-state index contributed by atoms with van der Waals surface area (Å²) in [6, 6.07) is 8.68. The fourth-order valence-corrected chi connectivity index (χ4v) is 3.49. The van der Waals surface area contributed by atoms with Crippen LogP contribution in [0.25, 0.3) is 0 Å². The van der Waals surface area contributed by atoms with Crippen LogP contribution in [0.1, 0.15) is 12.0 Å². The van der Waals surface area contributed by atoms with Crippen LogP contribution < -0.4 is 24.4 Å². The van der Waals surface area contributed by atoms with Crippen LogP contribution >= 0.6 is 11.6 Å². The molecule has 0 aliphatic carbocycles. The van der Waals surface area contributed by atoms with E-state index in [1.807, 2.05) is 13.0 Å². The van der Waals surface area contributed by atoms with Crippen molar-refractivity contribution >= 4 is 34.8 Å². The van der Waals surface area contributed by atoms with Crippen LogP contribution in [-0.4, -0.2) is 39.7 Å². The van der Waals surface area contributed by atoms with Gasteiger partial charge in [-0.05, 0) is 24.6 Å². The van der Waals surface area contributed by atoms with E-state index < -0.39 is 5.92 Å². The Morgan fingerprint density at radius 1 is 1.10 bits per heavy atom. The lowest BCUT2D eigenvalue weighted by atomic mass is 10.1. The first-order valence-electron chi connectivity index (χ1n) is 9.05. The minimum atomic E-state index is -0.486. The van der Waals surface area contributed by atoms with Crippen molar-refractivity contribution in [2.75, 3.05) is 38.1 Å².